The van der Waals surface area contributed by atoms with E-state index in [4.69, 9.17) is 28.9 Å². The molecular formula is C19H18Cl2N2O5S. The molecule has 29 heavy (non-hydrogen) atoms. The molecule has 0 bridgehead atoms. The van der Waals surface area contributed by atoms with Gasteiger partial charge < -0.3 is 15.7 Å². The van der Waals surface area contributed by atoms with E-state index in [0.717, 1.165) is 4.90 Å². The minimum Gasteiger partial charge on any atom is -0.480 e. The van der Waals surface area contributed by atoms with Crippen LogP contribution in [0.15, 0.2) is 53.4 Å². The van der Waals surface area contributed by atoms with Gasteiger partial charge in [-0.2, -0.15) is 0 Å². The highest BCUT2D eigenvalue weighted by Crippen LogP contribution is 2.33. The molecular weight excluding hydrogens is 439 g/mol. The van der Waals surface area contributed by atoms with Gasteiger partial charge in [-0.25, -0.2) is 13.2 Å². The number of likely N-dealkylation sites (tertiary alicyclic amines) is 1. The summed E-state index contributed by atoms with van der Waals surface area (Å²) < 4.78 is 26.0. The predicted octanol–water partition coefficient (Wildman–Crippen LogP) is 2.52. The summed E-state index contributed by atoms with van der Waals surface area (Å²) in [5.74, 6) is -1.96. The lowest BCUT2D eigenvalue weighted by Gasteiger charge is -2.25. The number of halogens is 2. The second-order valence-electron chi connectivity index (χ2n) is 6.71. The molecule has 1 fully saturated rings. The number of sulfone groups is 1. The second-order valence-corrected chi connectivity index (χ2v) is 9.75. The van der Waals surface area contributed by atoms with E-state index < -0.39 is 39.0 Å². The molecule has 1 heterocycles. The van der Waals surface area contributed by atoms with Crippen molar-refractivity contribution in [2.75, 3.05) is 6.54 Å². The van der Waals surface area contributed by atoms with Gasteiger partial charge in [-0.05, 0) is 36.2 Å². The molecule has 2 aromatic rings. The van der Waals surface area contributed by atoms with Crippen molar-refractivity contribution >= 4 is 44.9 Å². The fourth-order valence-electron chi connectivity index (χ4n) is 3.35. The molecule has 0 radical (unpaired) electrons. The Morgan fingerprint density at radius 1 is 1.10 bits per heavy atom. The maximum atomic E-state index is 13.0. The Labute approximate surface area is 177 Å². The molecule has 0 aromatic heterocycles. The van der Waals surface area contributed by atoms with E-state index in [1.165, 1.54) is 18.2 Å². The number of carboxylic acids is 1. The van der Waals surface area contributed by atoms with Crippen LogP contribution in [0, 0.1) is 0 Å². The van der Waals surface area contributed by atoms with Gasteiger partial charge in [0.15, 0.2) is 9.84 Å². The maximum Gasteiger partial charge on any atom is 0.326 e. The van der Waals surface area contributed by atoms with E-state index in [0.29, 0.717) is 10.6 Å². The van der Waals surface area contributed by atoms with Crippen LogP contribution < -0.4 is 5.73 Å². The van der Waals surface area contributed by atoms with Gasteiger partial charge in [0.2, 0.25) is 5.91 Å². The zero-order valence-electron chi connectivity index (χ0n) is 15.0. The molecule has 3 rings (SSSR count). The lowest BCUT2D eigenvalue weighted by Crippen LogP contribution is -2.45. The first-order valence-corrected chi connectivity index (χ1v) is 11.0. The van der Waals surface area contributed by atoms with Crippen LogP contribution in [-0.2, 0) is 19.4 Å². The third kappa shape index (κ3) is 4.25. The average Bonchev–Trinajstić information content (AvgIpc) is 3.14. The first kappa shape index (κ1) is 21.6. The Hall–Kier alpha value is -2.13. The normalized spacial score (nSPS) is 20.4. The van der Waals surface area contributed by atoms with Crippen molar-refractivity contribution in [3.05, 3.63) is 64.1 Å². The minimum absolute atomic E-state index is 0.0435. The van der Waals surface area contributed by atoms with Gasteiger partial charge in [-0.3, -0.25) is 4.79 Å². The van der Waals surface area contributed by atoms with Gasteiger partial charge >= 0.3 is 5.97 Å². The summed E-state index contributed by atoms with van der Waals surface area (Å²) in [5.41, 5.74) is 6.47. The molecule has 0 spiro atoms. The molecule has 7 nitrogen and oxygen atoms in total. The largest absolute Gasteiger partial charge is 0.480 e. The molecule has 154 valence electrons. The molecule has 1 amide bonds. The Morgan fingerprint density at radius 2 is 1.72 bits per heavy atom. The number of rotatable bonds is 5. The number of hydrogen-bond acceptors (Lipinski definition) is 5. The van der Waals surface area contributed by atoms with Crippen molar-refractivity contribution < 1.29 is 23.1 Å². The van der Waals surface area contributed by atoms with Gasteiger partial charge in [0.25, 0.3) is 0 Å². The fourth-order valence-corrected chi connectivity index (χ4v) is 5.69. The molecule has 1 aliphatic heterocycles. The summed E-state index contributed by atoms with van der Waals surface area (Å²) >= 11 is 11.9. The number of carbonyl (C=O) groups is 2. The van der Waals surface area contributed by atoms with Crippen molar-refractivity contribution in [1.29, 1.82) is 0 Å². The number of aliphatic carboxylic acids is 1. The number of benzene rings is 2. The molecule has 1 saturated heterocycles. The number of carboxylic acid groups (broad SMARTS) is 1. The predicted molar refractivity (Wildman–Crippen MR) is 109 cm³/mol. The number of nitrogens with zero attached hydrogens (tertiary/aromatic N) is 1. The Morgan fingerprint density at radius 3 is 2.31 bits per heavy atom. The third-order valence-electron chi connectivity index (χ3n) is 4.91. The van der Waals surface area contributed by atoms with Gasteiger partial charge in [0.1, 0.15) is 12.1 Å². The van der Waals surface area contributed by atoms with Crippen molar-refractivity contribution in [3.63, 3.8) is 0 Å². The zero-order valence-corrected chi connectivity index (χ0v) is 17.4. The van der Waals surface area contributed by atoms with Gasteiger partial charge in [-0.1, -0.05) is 47.5 Å². The molecule has 10 heteroatoms. The molecule has 0 aliphatic carbocycles. The van der Waals surface area contributed by atoms with Crippen LogP contribution in [0.2, 0.25) is 10.0 Å². The first-order chi connectivity index (χ1) is 13.6. The summed E-state index contributed by atoms with van der Waals surface area (Å²) in [5, 5.41) is 8.96. The first-order valence-electron chi connectivity index (χ1n) is 8.65. The highest BCUT2D eigenvalue weighted by molar-refractivity contribution is 7.92. The maximum absolute atomic E-state index is 13.0. The van der Waals surface area contributed by atoms with E-state index >= 15 is 0 Å². The third-order valence-corrected chi connectivity index (χ3v) is 7.79. The van der Waals surface area contributed by atoms with Crippen LogP contribution in [0.3, 0.4) is 0 Å². The SMILES string of the molecule is N[C@@H](C(=O)N1C[C@H](S(=O)(=O)c2ccccc2Cl)C[C@H]1C(=O)O)c1ccc(Cl)cc1. The molecule has 0 saturated carbocycles. The minimum atomic E-state index is -3.95. The van der Waals surface area contributed by atoms with E-state index in [1.807, 2.05) is 0 Å². The molecule has 3 N–H and O–H groups in total. The summed E-state index contributed by atoms with van der Waals surface area (Å²) in [4.78, 5) is 25.6. The summed E-state index contributed by atoms with van der Waals surface area (Å²) in [6, 6.07) is 9.73. The molecule has 3 atom stereocenters. The lowest BCUT2D eigenvalue weighted by atomic mass is 10.1. The summed E-state index contributed by atoms with van der Waals surface area (Å²) in [7, 11) is -3.95. The second kappa shape index (κ2) is 8.31. The van der Waals surface area contributed by atoms with Crippen molar-refractivity contribution in [2.24, 2.45) is 5.73 Å². The smallest absolute Gasteiger partial charge is 0.326 e. The Bertz CT molecular complexity index is 1040. The summed E-state index contributed by atoms with van der Waals surface area (Å²) in [6.45, 7) is -0.287. The van der Waals surface area contributed by atoms with E-state index in [9.17, 15) is 23.1 Å². The highest BCUT2D eigenvalue weighted by atomic mass is 35.5. The highest BCUT2D eigenvalue weighted by Gasteiger charge is 2.46. The number of carbonyl (C=O) groups excluding carboxylic acids is 1. The van der Waals surface area contributed by atoms with Crippen LogP contribution in [0.25, 0.3) is 0 Å². The van der Waals surface area contributed by atoms with Gasteiger partial charge in [-0.15, -0.1) is 0 Å². The average molecular weight is 457 g/mol. The Kier molecular flexibility index (Phi) is 6.19. The molecule has 1 aliphatic rings. The molecule has 0 unspecified atom stereocenters. The van der Waals surface area contributed by atoms with Crippen LogP contribution >= 0.6 is 23.2 Å². The van der Waals surface area contributed by atoms with Crippen molar-refractivity contribution in [1.82, 2.24) is 4.90 Å². The monoisotopic (exact) mass is 456 g/mol. The topological polar surface area (TPSA) is 118 Å². The van der Waals surface area contributed by atoms with E-state index in [2.05, 4.69) is 0 Å². The van der Waals surface area contributed by atoms with Crippen LogP contribution in [0.5, 0.6) is 0 Å². The number of nitrogens with two attached hydrogens (primary N) is 1. The zero-order chi connectivity index (χ0) is 21.3. The molecule has 2 aromatic carbocycles. The quantitative estimate of drug-likeness (QED) is 0.713. The van der Waals surface area contributed by atoms with E-state index in [1.54, 1.807) is 30.3 Å². The lowest BCUT2D eigenvalue weighted by molar-refractivity contribution is -0.148. The number of hydrogen-bond donors (Lipinski definition) is 2. The standard InChI is InChI=1S/C19H18Cl2N2O5S/c20-12-7-5-11(6-8-12)17(22)18(24)23-10-13(9-15(23)19(25)26)29(27,28)16-4-2-1-3-14(16)21/h1-8,13,15,17H,9-10,22H2,(H,25,26)/t13-,15+,17-/m1/s1. The fraction of sp³-hybridized carbons (Fsp3) is 0.263. The van der Waals surface area contributed by atoms with Crippen LogP contribution in [-0.4, -0.2) is 48.1 Å². The van der Waals surface area contributed by atoms with E-state index in [-0.39, 0.29) is 22.9 Å². The summed E-state index contributed by atoms with van der Waals surface area (Å²) in [6.07, 6.45) is -0.248. The Balaban J connectivity index is 1.89. The van der Waals surface area contributed by atoms with Crippen LogP contribution in [0.1, 0.15) is 18.0 Å². The van der Waals surface area contributed by atoms with Crippen LogP contribution in [0.4, 0.5) is 0 Å². The van der Waals surface area contributed by atoms with Crippen molar-refractivity contribution in [3.8, 4) is 0 Å². The van der Waals surface area contributed by atoms with Gasteiger partial charge in [0, 0.05) is 11.6 Å². The van der Waals surface area contributed by atoms with Gasteiger partial charge in [0.05, 0.1) is 15.2 Å². The number of amides is 1. The van der Waals surface area contributed by atoms with Crippen molar-refractivity contribution in [2.45, 2.75) is 28.6 Å².